The highest BCUT2D eigenvalue weighted by Crippen LogP contribution is 2.19. The zero-order valence-corrected chi connectivity index (χ0v) is 11.7. The smallest absolute Gasteiger partial charge is 0.328 e. The lowest BCUT2D eigenvalue weighted by molar-refractivity contribution is -0.131. The highest BCUT2D eigenvalue weighted by Gasteiger charge is 2.08. The van der Waals surface area contributed by atoms with Crippen molar-refractivity contribution in [3.8, 4) is 0 Å². The van der Waals surface area contributed by atoms with E-state index in [0.717, 1.165) is 17.7 Å². The Balaban J connectivity index is 2.06. The first-order chi connectivity index (χ1) is 10.1. The van der Waals surface area contributed by atoms with Crippen LogP contribution in [0.5, 0.6) is 0 Å². The van der Waals surface area contributed by atoms with Crippen LogP contribution in [0.15, 0.2) is 54.6 Å². The summed E-state index contributed by atoms with van der Waals surface area (Å²) in [4.78, 5) is 21.9. The van der Waals surface area contributed by atoms with Crippen molar-refractivity contribution in [3.05, 3.63) is 60.2 Å². The van der Waals surface area contributed by atoms with Crippen molar-refractivity contribution in [2.45, 2.75) is 19.4 Å². The highest BCUT2D eigenvalue weighted by molar-refractivity contribution is 5.94. The SMILES string of the molecule is CC(Cc1cccc2ccccc12)NC(=O)/C=C\C(=O)O. The highest BCUT2D eigenvalue weighted by atomic mass is 16.4. The Morgan fingerprint density at radius 2 is 1.86 bits per heavy atom. The molecule has 0 aliphatic rings. The van der Waals surface area contributed by atoms with Crippen molar-refractivity contribution in [2.75, 3.05) is 0 Å². The third kappa shape index (κ3) is 4.18. The molecule has 2 aromatic carbocycles. The lowest BCUT2D eigenvalue weighted by Gasteiger charge is -2.14. The maximum atomic E-state index is 11.6. The van der Waals surface area contributed by atoms with Gasteiger partial charge in [0.15, 0.2) is 0 Å². The topological polar surface area (TPSA) is 66.4 Å². The first-order valence-electron chi connectivity index (χ1n) is 6.74. The second kappa shape index (κ2) is 6.70. The average molecular weight is 283 g/mol. The van der Waals surface area contributed by atoms with Crippen molar-refractivity contribution in [1.29, 1.82) is 0 Å². The molecule has 0 saturated carbocycles. The van der Waals surface area contributed by atoms with Gasteiger partial charge in [0, 0.05) is 18.2 Å². The van der Waals surface area contributed by atoms with E-state index in [1.165, 1.54) is 10.8 Å². The molecule has 1 atom stereocenters. The number of benzene rings is 2. The number of hydrogen-bond donors (Lipinski definition) is 2. The van der Waals surface area contributed by atoms with Gasteiger partial charge in [0.05, 0.1) is 0 Å². The fraction of sp³-hybridized carbons (Fsp3) is 0.176. The molecule has 1 unspecified atom stereocenters. The Hall–Kier alpha value is -2.62. The summed E-state index contributed by atoms with van der Waals surface area (Å²) >= 11 is 0. The predicted molar refractivity (Wildman–Crippen MR) is 82.0 cm³/mol. The fourth-order valence-corrected chi connectivity index (χ4v) is 2.29. The number of aliphatic carboxylic acids is 1. The summed E-state index contributed by atoms with van der Waals surface area (Å²) in [6, 6.07) is 14.1. The quantitative estimate of drug-likeness (QED) is 0.829. The molecule has 0 heterocycles. The van der Waals surface area contributed by atoms with E-state index in [1.807, 2.05) is 31.2 Å². The van der Waals surface area contributed by atoms with Gasteiger partial charge in [-0.3, -0.25) is 4.79 Å². The van der Waals surface area contributed by atoms with Crippen LogP contribution in [0.25, 0.3) is 10.8 Å². The van der Waals surface area contributed by atoms with Crippen LogP contribution in [0.3, 0.4) is 0 Å². The predicted octanol–water partition coefficient (Wildman–Crippen LogP) is 2.53. The molecule has 1 amide bonds. The van der Waals surface area contributed by atoms with Crippen LogP contribution < -0.4 is 5.32 Å². The number of carboxylic acid groups (broad SMARTS) is 1. The first-order valence-corrected chi connectivity index (χ1v) is 6.74. The number of carboxylic acids is 1. The molecule has 108 valence electrons. The number of fused-ring (bicyclic) bond motifs is 1. The zero-order valence-electron chi connectivity index (χ0n) is 11.7. The van der Waals surface area contributed by atoms with Gasteiger partial charge in [0.25, 0.3) is 0 Å². The van der Waals surface area contributed by atoms with Crippen LogP contribution in [0.2, 0.25) is 0 Å². The summed E-state index contributed by atoms with van der Waals surface area (Å²) in [6.07, 6.45) is 2.55. The Kier molecular flexibility index (Phi) is 4.72. The Bertz CT molecular complexity index is 686. The fourth-order valence-electron chi connectivity index (χ4n) is 2.29. The zero-order chi connectivity index (χ0) is 15.2. The minimum atomic E-state index is -1.13. The maximum Gasteiger partial charge on any atom is 0.328 e. The van der Waals surface area contributed by atoms with E-state index in [-0.39, 0.29) is 6.04 Å². The van der Waals surface area contributed by atoms with E-state index >= 15 is 0 Å². The molecule has 2 aromatic rings. The van der Waals surface area contributed by atoms with Gasteiger partial charge in [-0.25, -0.2) is 4.79 Å². The molecule has 2 rings (SSSR count). The molecule has 0 radical (unpaired) electrons. The van der Waals surface area contributed by atoms with Gasteiger partial charge in [-0.15, -0.1) is 0 Å². The first kappa shape index (κ1) is 14.8. The van der Waals surface area contributed by atoms with Crippen LogP contribution in [0, 0.1) is 0 Å². The monoisotopic (exact) mass is 283 g/mol. The van der Waals surface area contributed by atoms with Crippen molar-refractivity contribution in [3.63, 3.8) is 0 Å². The summed E-state index contributed by atoms with van der Waals surface area (Å²) < 4.78 is 0. The molecule has 4 heteroatoms. The largest absolute Gasteiger partial charge is 0.478 e. The third-order valence-corrected chi connectivity index (χ3v) is 3.17. The number of nitrogens with one attached hydrogen (secondary N) is 1. The van der Waals surface area contributed by atoms with Crippen LogP contribution in [-0.2, 0) is 16.0 Å². The van der Waals surface area contributed by atoms with E-state index in [4.69, 9.17) is 5.11 Å². The molecule has 0 bridgehead atoms. The summed E-state index contributed by atoms with van der Waals surface area (Å²) in [7, 11) is 0. The van der Waals surface area contributed by atoms with Crippen molar-refractivity contribution < 1.29 is 14.7 Å². The maximum absolute atomic E-state index is 11.6. The van der Waals surface area contributed by atoms with Crippen LogP contribution in [-0.4, -0.2) is 23.0 Å². The standard InChI is InChI=1S/C17H17NO3/c1-12(18-16(19)9-10-17(20)21)11-14-7-4-6-13-5-2-3-8-15(13)14/h2-10,12H,11H2,1H3,(H,18,19)(H,20,21)/b10-9-. The van der Waals surface area contributed by atoms with Crippen LogP contribution in [0.4, 0.5) is 0 Å². The molecule has 4 nitrogen and oxygen atoms in total. The van der Waals surface area contributed by atoms with Gasteiger partial charge in [-0.1, -0.05) is 42.5 Å². The van der Waals surface area contributed by atoms with Gasteiger partial charge < -0.3 is 10.4 Å². The van der Waals surface area contributed by atoms with E-state index in [9.17, 15) is 9.59 Å². The van der Waals surface area contributed by atoms with Crippen LogP contribution in [0.1, 0.15) is 12.5 Å². The molecular formula is C17H17NO3. The molecule has 0 spiro atoms. The lowest BCUT2D eigenvalue weighted by atomic mass is 9.99. The van der Waals surface area contributed by atoms with Gasteiger partial charge in [-0.05, 0) is 29.7 Å². The third-order valence-electron chi connectivity index (χ3n) is 3.17. The van der Waals surface area contributed by atoms with Crippen molar-refractivity contribution in [2.24, 2.45) is 0 Å². The van der Waals surface area contributed by atoms with Crippen molar-refractivity contribution >= 4 is 22.6 Å². The van der Waals surface area contributed by atoms with Crippen molar-refractivity contribution in [1.82, 2.24) is 5.32 Å². The van der Waals surface area contributed by atoms with E-state index in [2.05, 4.69) is 23.5 Å². The normalized spacial score (nSPS) is 12.4. The van der Waals surface area contributed by atoms with Gasteiger partial charge >= 0.3 is 5.97 Å². The van der Waals surface area contributed by atoms with E-state index in [1.54, 1.807) is 0 Å². The summed E-state index contributed by atoms with van der Waals surface area (Å²) in [5.74, 6) is -1.53. The van der Waals surface area contributed by atoms with Gasteiger partial charge in [0.2, 0.25) is 5.91 Å². The van der Waals surface area contributed by atoms with E-state index < -0.39 is 11.9 Å². The van der Waals surface area contributed by atoms with E-state index in [0.29, 0.717) is 6.42 Å². The molecule has 0 aliphatic carbocycles. The Labute approximate surface area is 123 Å². The summed E-state index contributed by atoms with van der Waals surface area (Å²) in [6.45, 7) is 1.90. The number of carbonyl (C=O) groups is 2. The molecule has 2 N–H and O–H groups in total. The van der Waals surface area contributed by atoms with Gasteiger partial charge in [-0.2, -0.15) is 0 Å². The molecular weight excluding hydrogens is 266 g/mol. The molecule has 0 fully saturated rings. The average Bonchev–Trinajstić information content (AvgIpc) is 2.45. The Morgan fingerprint density at radius 1 is 1.14 bits per heavy atom. The lowest BCUT2D eigenvalue weighted by Crippen LogP contribution is -2.32. The number of rotatable bonds is 5. The number of amides is 1. The second-order valence-electron chi connectivity index (χ2n) is 4.92. The molecule has 21 heavy (non-hydrogen) atoms. The minimum absolute atomic E-state index is 0.0817. The molecule has 0 aliphatic heterocycles. The van der Waals surface area contributed by atoms with Crippen LogP contribution >= 0.6 is 0 Å². The summed E-state index contributed by atoms with van der Waals surface area (Å²) in [5, 5.41) is 13.6. The van der Waals surface area contributed by atoms with Gasteiger partial charge in [0.1, 0.15) is 0 Å². The minimum Gasteiger partial charge on any atom is -0.478 e. The number of hydrogen-bond acceptors (Lipinski definition) is 2. The molecule has 0 aromatic heterocycles. The number of carbonyl (C=O) groups excluding carboxylic acids is 1. The Morgan fingerprint density at radius 3 is 2.62 bits per heavy atom. The molecule has 0 saturated heterocycles. The second-order valence-corrected chi connectivity index (χ2v) is 4.92. The summed E-state index contributed by atoms with van der Waals surface area (Å²) in [5.41, 5.74) is 1.16.